The molecule has 40 heavy (non-hydrogen) atoms. The highest BCUT2D eigenvalue weighted by molar-refractivity contribution is 5.83. The lowest BCUT2D eigenvalue weighted by Gasteiger charge is -2.32. The van der Waals surface area contributed by atoms with Crippen LogP contribution in [0.5, 0.6) is 0 Å². The normalized spacial score (nSPS) is 26.5. The molecule has 0 saturated heterocycles. The Morgan fingerprint density at radius 2 is 0.750 bits per heavy atom. The van der Waals surface area contributed by atoms with Crippen molar-refractivity contribution in [2.45, 2.75) is 102 Å². The first-order chi connectivity index (χ1) is 19.4. The number of carbonyl (C=O) groups excluding carboxylic acids is 4. The van der Waals surface area contributed by atoms with Crippen LogP contribution in [0, 0.1) is 23.7 Å². The van der Waals surface area contributed by atoms with Crippen LogP contribution in [-0.4, -0.2) is 77.7 Å². The number of unbranched alkanes of at least 4 members (excludes halogenated alkanes) is 7. The summed E-state index contributed by atoms with van der Waals surface area (Å²) < 4.78 is 31.5. The minimum Gasteiger partial charge on any atom is -0.469 e. The molecular formula is C30H50O10. The van der Waals surface area contributed by atoms with Gasteiger partial charge < -0.3 is 28.4 Å². The van der Waals surface area contributed by atoms with Gasteiger partial charge in [0.25, 0.3) is 0 Å². The Morgan fingerprint density at radius 3 is 1.07 bits per heavy atom. The standard InChI is InChI=1S/C30H50O10/c1-35-27(31)23-15-13-21(19-25(23)29(33)37-3)39-17-11-9-7-5-6-8-10-12-18-40-22-14-16-24(28(32)36-2)26(20-22)30(34)38-4/h21-26H,5-20H2,1-4H3. The molecule has 0 N–H and O–H groups in total. The second-order valence-corrected chi connectivity index (χ2v) is 11.0. The second kappa shape index (κ2) is 19.0. The Morgan fingerprint density at radius 1 is 0.450 bits per heavy atom. The van der Waals surface area contributed by atoms with Crippen LogP contribution >= 0.6 is 0 Å². The molecule has 0 heterocycles. The molecule has 6 unspecified atom stereocenters. The Kier molecular flexibility index (Phi) is 16.2. The van der Waals surface area contributed by atoms with E-state index in [2.05, 4.69) is 0 Å². The molecule has 0 aromatic rings. The number of hydrogen-bond acceptors (Lipinski definition) is 10. The molecule has 0 aliphatic heterocycles. The Bertz CT molecular complexity index is 720. The molecule has 2 fully saturated rings. The molecule has 0 bridgehead atoms. The van der Waals surface area contributed by atoms with E-state index in [9.17, 15) is 19.2 Å². The van der Waals surface area contributed by atoms with Crippen LogP contribution in [0.1, 0.15) is 89.9 Å². The quantitative estimate of drug-likeness (QED) is 0.141. The van der Waals surface area contributed by atoms with E-state index in [4.69, 9.17) is 28.4 Å². The molecule has 2 aliphatic carbocycles. The zero-order valence-electron chi connectivity index (χ0n) is 24.9. The Balaban J connectivity index is 1.48. The summed E-state index contributed by atoms with van der Waals surface area (Å²) in [4.78, 5) is 48.3. The third-order valence-electron chi connectivity index (χ3n) is 8.37. The van der Waals surface area contributed by atoms with Crippen LogP contribution < -0.4 is 0 Å². The zero-order valence-corrected chi connectivity index (χ0v) is 24.9. The van der Waals surface area contributed by atoms with Gasteiger partial charge in [0.2, 0.25) is 0 Å². The molecular weight excluding hydrogens is 520 g/mol. The van der Waals surface area contributed by atoms with E-state index in [1.165, 1.54) is 41.3 Å². The molecule has 0 aromatic heterocycles. The molecule has 0 amide bonds. The first-order valence-corrected chi connectivity index (χ1v) is 14.9. The summed E-state index contributed by atoms with van der Waals surface area (Å²) in [6, 6.07) is 0. The van der Waals surface area contributed by atoms with Gasteiger partial charge in [0.1, 0.15) is 0 Å². The summed E-state index contributed by atoms with van der Waals surface area (Å²) in [5.41, 5.74) is 0. The molecule has 2 saturated carbocycles. The van der Waals surface area contributed by atoms with Crippen molar-refractivity contribution in [3.05, 3.63) is 0 Å². The smallest absolute Gasteiger partial charge is 0.309 e. The summed E-state index contributed by atoms with van der Waals surface area (Å²) in [5, 5.41) is 0. The van der Waals surface area contributed by atoms with Gasteiger partial charge in [-0.05, 0) is 51.4 Å². The number of hydrogen-bond donors (Lipinski definition) is 0. The Hall–Kier alpha value is -2.20. The third kappa shape index (κ3) is 11.0. The van der Waals surface area contributed by atoms with E-state index in [-0.39, 0.29) is 36.1 Å². The average Bonchev–Trinajstić information content (AvgIpc) is 2.99. The summed E-state index contributed by atoms with van der Waals surface area (Å²) in [7, 11) is 5.39. The summed E-state index contributed by atoms with van der Waals surface area (Å²) >= 11 is 0. The van der Waals surface area contributed by atoms with Crippen molar-refractivity contribution in [3.63, 3.8) is 0 Å². The van der Waals surface area contributed by atoms with E-state index in [1.54, 1.807) is 0 Å². The number of methoxy groups -OCH3 is 4. The summed E-state index contributed by atoms with van der Waals surface area (Å²) in [5.74, 6) is -3.34. The highest BCUT2D eigenvalue weighted by Gasteiger charge is 2.42. The summed E-state index contributed by atoms with van der Waals surface area (Å²) in [6.45, 7) is 1.33. The maximum absolute atomic E-state index is 12.1. The monoisotopic (exact) mass is 570 g/mol. The molecule has 0 aromatic carbocycles. The molecule has 6 atom stereocenters. The second-order valence-electron chi connectivity index (χ2n) is 11.0. The topological polar surface area (TPSA) is 124 Å². The highest BCUT2D eigenvalue weighted by atomic mass is 16.5. The van der Waals surface area contributed by atoms with Gasteiger partial charge in [-0.3, -0.25) is 19.2 Å². The first kappa shape index (κ1) is 34.0. The molecule has 230 valence electrons. The van der Waals surface area contributed by atoms with Gasteiger partial charge in [0.05, 0.1) is 64.3 Å². The van der Waals surface area contributed by atoms with Crippen molar-refractivity contribution in [1.82, 2.24) is 0 Å². The lowest BCUT2D eigenvalue weighted by Crippen LogP contribution is -2.39. The predicted octanol–water partition coefficient (Wildman–Crippen LogP) is 4.40. The number of ether oxygens (including phenoxy) is 6. The average molecular weight is 571 g/mol. The molecule has 0 radical (unpaired) electrons. The fourth-order valence-electron chi connectivity index (χ4n) is 6.02. The van der Waals surface area contributed by atoms with Crippen LogP contribution in [0.4, 0.5) is 0 Å². The van der Waals surface area contributed by atoms with Crippen LogP contribution in [0.3, 0.4) is 0 Å². The molecule has 2 aliphatic rings. The Labute approximate surface area is 239 Å². The van der Waals surface area contributed by atoms with Crippen molar-refractivity contribution in [2.24, 2.45) is 23.7 Å². The fourth-order valence-corrected chi connectivity index (χ4v) is 6.02. The first-order valence-electron chi connectivity index (χ1n) is 14.9. The van der Waals surface area contributed by atoms with Gasteiger partial charge in [0.15, 0.2) is 0 Å². The van der Waals surface area contributed by atoms with Gasteiger partial charge >= 0.3 is 23.9 Å². The molecule has 0 spiro atoms. The third-order valence-corrected chi connectivity index (χ3v) is 8.37. The van der Waals surface area contributed by atoms with Crippen LogP contribution in [0.2, 0.25) is 0 Å². The van der Waals surface area contributed by atoms with Gasteiger partial charge in [-0.25, -0.2) is 0 Å². The predicted molar refractivity (Wildman–Crippen MR) is 146 cm³/mol. The SMILES string of the molecule is COC(=O)C1CCC(OCCCCCCCCCCOC2CCC(C(=O)OC)C(C(=O)OC)C2)CC1C(=O)OC. The maximum Gasteiger partial charge on any atom is 0.309 e. The van der Waals surface area contributed by atoms with Crippen molar-refractivity contribution in [2.75, 3.05) is 41.7 Å². The minimum absolute atomic E-state index is 0.0264. The van der Waals surface area contributed by atoms with E-state index < -0.39 is 23.7 Å². The van der Waals surface area contributed by atoms with E-state index in [0.29, 0.717) is 38.9 Å². The fraction of sp³-hybridized carbons (Fsp3) is 0.867. The number of esters is 4. The van der Waals surface area contributed by atoms with Crippen LogP contribution in [0.15, 0.2) is 0 Å². The van der Waals surface area contributed by atoms with Gasteiger partial charge in [-0.1, -0.05) is 38.5 Å². The minimum atomic E-state index is -0.500. The number of rotatable bonds is 17. The zero-order chi connectivity index (χ0) is 29.3. The van der Waals surface area contributed by atoms with E-state index >= 15 is 0 Å². The number of carbonyl (C=O) groups is 4. The van der Waals surface area contributed by atoms with E-state index in [0.717, 1.165) is 51.4 Å². The lowest BCUT2D eigenvalue weighted by molar-refractivity contribution is -0.162. The van der Waals surface area contributed by atoms with Crippen molar-refractivity contribution >= 4 is 23.9 Å². The van der Waals surface area contributed by atoms with Gasteiger partial charge in [-0.2, -0.15) is 0 Å². The van der Waals surface area contributed by atoms with Crippen LogP contribution in [-0.2, 0) is 47.6 Å². The van der Waals surface area contributed by atoms with E-state index in [1.807, 2.05) is 0 Å². The van der Waals surface area contributed by atoms with Crippen molar-refractivity contribution < 1.29 is 47.6 Å². The maximum atomic E-state index is 12.1. The van der Waals surface area contributed by atoms with Crippen LogP contribution in [0.25, 0.3) is 0 Å². The molecule has 10 nitrogen and oxygen atoms in total. The summed E-state index contributed by atoms with van der Waals surface area (Å²) in [6.07, 6.45) is 12.5. The van der Waals surface area contributed by atoms with Crippen molar-refractivity contribution in [1.29, 1.82) is 0 Å². The largest absolute Gasteiger partial charge is 0.469 e. The highest BCUT2D eigenvalue weighted by Crippen LogP contribution is 2.35. The van der Waals surface area contributed by atoms with Gasteiger partial charge in [0, 0.05) is 13.2 Å². The molecule has 10 heteroatoms. The molecule has 2 rings (SSSR count). The lowest BCUT2D eigenvalue weighted by atomic mass is 9.78. The van der Waals surface area contributed by atoms with Gasteiger partial charge in [-0.15, -0.1) is 0 Å². The van der Waals surface area contributed by atoms with Crippen molar-refractivity contribution in [3.8, 4) is 0 Å².